The topological polar surface area (TPSA) is 67.4 Å². The summed E-state index contributed by atoms with van der Waals surface area (Å²) in [6, 6.07) is 12.8. The fourth-order valence-corrected chi connectivity index (χ4v) is 2.00. The van der Waals surface area contributed by atoms with Crippen LogP contribution in [0.2, 0.25) is 0 Å². The lowest BCUT2D eigenvalue weighted by molar-refractivity contribution is -0.137. The van der Waals surface area contributed by atoms with Gasteiger partial charge in [0, 0.05) is 13.1 Å². The van der Waals surface area contributed by atoms with Crippen molar-refractivity contribution in [1.82, 2.24) is 10.6 Å². The number of amides is 2. The Labute approximate surface area is 141 Å². The second-order valence-electron chi connectivity index (χ2n) is 4.93. The van der Waals surface area contributed by atoms with E-state index in [2.05, 4.69) is 10.6 Å². The minimum Gasteiger partial charge on any atom is -0.410 e. The molecule has 2 aromatic carbocycles. The maximum Gasteiger partial charge on any atom is 0.417 e. The molecule has 0 aliphatic heterocycles. The zero-order chi connectivity index (χ0) is 18.3. The highest BCUT2D eigenvalue weighted by Gasteiger charge is 2.34. The lowest BCUT2D eigenvalue weighted by atomic mass is 10.1. The van der Waals surface area contributed by atoms with Gasteiger partial charge < -0.3 is 15.4 Å². The van der Waals surface area contributed by atoms with Crippen LogP contribution in [0, 0.1) is 0 Å². The van der Waals surface area contributed by atoms with Crippen molar-refractivity contribution in [2.45, 2.75) is 6.18 Å². The standard InChI is InChI=1S/C17H15F3N2O3/c18-17(19,20)14-9-5-4-8-13(14)15(23)21-10-11-22-16(24)25-12-6-2-1-3-7-12/h1-9H,10-11H2,(H,21,23)(H,22,24). The molecular formula is C17H15F3N2O3. The molecule has 2 aromatic rings. The van der Waals surface area contributed by atoms with Gasteiger partial charge in [0.05, 0.1) is 11.1 Å². The number of hydrogen-bond acceptors (Lipinski definition) is 3. The molecule has 0 bridgehead atoms. The first-order valence-corrected chi connectivity index (χ1v) is 7.33. The van der Waals surface area contributed by atoms with E-state index in [1.165, 1.54) is 12.1 Å². The summed E-state index contributed by atoms with van der Waals surface area (Å²) in [4.78, 5) is 23.4. The van der Waals surface area contributed by atoms with Crippen molar-refractivity contribution in [3.05, 3.63) is 65.7 Å². The van der Waals surface area contributed by atoms with Crippen LogP contribution in [0.15, 0.2) is 54.6 Å². The largest absolute Gasteiger partial charge is 0.417 e. The molecule has 0 saturated heterocycles. The van der Waals surface area contributed by atoms with E-state index in [-0.39, 0.29) is 13.1 Å². The Morgan fingerprint density at radius 3 is 2.16 bits per heavy atom. The van der Waals surface area contributed by atoms with Gasteiger partial charge in [-0.2, -0.15) is 13.2 Å². The highest BCUT2D eigenvalue weighted by atomic mass is 19.4. The molecule has 5 nitrogen and oxygen atoms in total. The highest BCUT2D eigenvalue weighted by molar-refractivity contribution is 5.95. The summed E-state index contributed by atoms with van der Waals surface area (Å²) in [5, 5.41) is 4.71. The molecular weight excluding hydrogens is 337 g/mol. The number of benzene rings is 2. The fraction of sp³-hybridized carbons (Fsp3) is 0.176. The summed E-state index contributed by atoms with van der Waals surface area (Å²) in [6.07, 6.45) is -5.35. The van der Waals surface area contributed by atoms with Crippen molar-refractivity contribution in [1.29, 1.82) is 0 Å². The third-order valence-electron chi connectivity index (χ3n) is 3.11. The molecule has 0 aliphatic rings. The number of carbonyl (C=O) groups is 2. The average molecular weight is 352 g/mol. The van der Waals surface area contributed by atoms with Crippen molar-refractivity contribution in [3.8, 4) is 5.75 Å². The van der Waals surface area contributed by atoms with E-state index in [1.54, 1.807) is 30.3 Å². The van der Waals surface area contributed by atoms with Crippen molar-refractivity contribution in [2.24, 2.45) is 0 Å². The lowest BCUT2D eigenvalue weighted by Gasteiger charge is -2.12. The van der Waals surface area contributed by atoms with Crippen LogP contribution in [0.5, 0.6) is 5.75 Å². The number of halogens is 3. The average Bonchev–Trinajstić information content (AvgIpc) is 2.58. The zero-order valence-electron chi connectivity index (χ0n) is 13.0. The summed E-state index contributed by atoms with van der Waals surface area (Å²) < 4.78 is 43.5. The quantitative estimate of drug-likeness (QED) is 0.812. The van der Waals surface area contributed by atoms with Crippen LogP contribution in [-0.4, -0.2) is 25.1 Å². The Hall–Kier alpha value is -3.03. The Balaban J connectivity index is 1.81. The first-order chi connectivity index (χ1) is 11.9. The van der Waals surface area contributed by atoms with Gasteiger partial charge in [-0.05, 0) is 24.3 Å². The molecule has 0 aromatic heterocycles. The molecule has 2 N–H and O–H groups in total. The van der Waals surface area contributed by atoms with Gasteiger partial charge in [-0.25, -0.2) is 4.79 Å². The smallest absolute Gasteiger partial charge is 0.410 e. The molecule has 0 spiro atoms. The molecule has 0 atom stereocenters. The van der Waals surface area contributed by atoms with E-state index in [1.807, 2.05) is 0 Å². The van der Waals surface area contributed by atoms with E-state index in [4.69, 9.17) is 4.74 Å². The molecule has 0 heterocycles. The monoisotopic (exact) mass is 352 g/mol. The SMILES string of the molecule is O=C(NCCNC(=O)c1ccccc1C(F)(F)F)Oc1ccccc1. The van der Waals surface area contributed by atoms with Crippen molar-refractivity contribution < 1.29 is 27.5 Å². The third-order valence-corrected chi connectivity index (χ3v) is 3.11. The van der Waals surface area contributed by atoms with Gasteiger partial charge in [0.15, 0.2) is 0 Å². The predicted octanol–water partition coefficient (Wildman–Crippen LogP) is 3.22. The summed E-state index contributed by atoms with van der Waals surface area (Å²) in [7, 11) is 0. The summed E-state index contributed by atoms with van der Waals surface area (Å²) in [5.74, 6) is -0.519. The van der Waals surface area contributed by atoms with Gasteiger partial charge >= 0.3 is 12.3 Å². The van der Waals surface area contributed by atoms with E-state index < -0.39 is 29.3 Å². The van der Waals surface area contributed by atoms with Crippen LogP contribution in [0.4, 0.5) is 18.0 Å². The van der Waals surface area contributed by atoms with E-state index in [0.29, 0.717) is 5.75 Å². The first-order valence-electron chi connectivity index (χ1n) is 7.33. The highest BCUT2D eigenvalue weighted by Crippen LogP contribution is 2.31. The van der Waals surface area contributed by atoms with Gasteiger partial charge in [-0.1, -0.05) is 30.3 Å². The molecule has 0 unspecified atom stereocenters. The normalized spacial score (nSPS) is 10.8. The van der Waals surface area contributed by atoms with E-state index >= 15 is 0 Å². The summed E-state index contributed by atoms with van der Waals surface area (Å²) >= 11 is 0. The van der Waals surface area contributed by atoms with Crippen molar-refractivity contribution in [2.75, 3.05) is 13.1 Å². The molecule has 0 fully saturated rings. The van der Waals surface area contributed by atoms with E-state index in [9.17, 15) is 22.8 Å². The summed E-state index contributed by atoms with van der Waals surface area (Å²) in [6.45, 7) is -0.0412. The molecule has 25 heavy (non-hydrogen) atoms. The van der Waals surface area contributed by atoms with E-state index in [0.717, 1.165) is 12.1 Å². The van der Waals surface area contributed by atoms with Crippen LogP contribution < -0.4 is 15.4 Å². The third kappa shape index (κ3) is 5.52. The van der Waals surface area contributed by atoms with Crippen LogP contribution in [0.1, 0.15) is 15.9 Å². The van der Waals surface area contributed by atoms with Gasteiger partial charge in [-0.15, -0.1) is 0 Å². The number of para-hydroxylation sites is 1. The van der Waals surface area contributed by atoms with Gasteiger partial charge in [0.1, 0.15) is 5.75 Å². The Morgan fingerprint density at radius 2 is 1.48 bits per heavy atom. The second kappa shape index (κ2) is 8.18. The number of ether oxygens (including phenoxy) is 1. The predicted molar refractivity (Wildman–Crippen MR) is 84.2 cm³/mol. The minimum absolute atomic E-state index is 0.00555. The molecule has 8 heteroatoms. The van der Waals surface area contributed by atoms with Gasteiger partial charge in [0.25, 0.3) is 5.91 Å². The van der Waals surface area contributed by atoms with Crippen LogP contribution in [0.3, 0.4) is 0 Å². The maximum absolute atomic E-state index is 12.9. The van der Waals surface area contributed by atoms with Crippen molar-refractivity contribution in [3.63, 3.8) is 0 Å². The Morgan fingerprint density at radius 1 is 0.880 bits per heavy atom. The van der Waals surface area contributed by atoms with Gasteiger partial charge in [-0.3, -0.25) is 4.79 Å². The molecule has 0 saturated carbocycles. The molecule has 2 rings (SSSR count). The number of nitrogens with one attached hydrogen (secondary N) is 2. The first kappa shape index (κ1) is 18.3. The van der Waals surface area contributed by atoms with Crippen LogP contribution in [0.25, 0.3) is 0 Å². The molecule has 132 valence electrons. The maximum atomic E-state index is 12.9. The Bertz CT molecular complexity index is 733. The van der Waals surface area contributed by atoms with Crippen molar-refractivity contribution >= 4 is 12.0 Å². The zero-order valence-corrected chi connectivity index (χ0v) is 13.0. The number of carbonyl (C=O) groups excluding carboxylic acids is 2. The molecule has 2 amide bonds. The number of alkyl halides is 3. The number of rotatable bonds is 5. The van der Waals surface area contributed by atoms with Gasteiger partial charge in [0.2, 0.25) is 0 Å². The fourth-order valence-electron chi connectivity index (χ4n) is 2.00. The second-order valence-corrected chi connectivity index (χ2v) is 4.93. The lowest BCUT2D eigenvalue weighted by Crippen LogP contribution is -2.36. The van der Waals surface area contributed by atoms with Crippen LogP contribution in [-0.2, 0) is 6.18 Å². The molecule has 0 aliphatic carbocycles. The number of hydrogen-bond donors (Lipinski definition) is 2. The molecule has 0 radical (unpaired) electrons. The summed E-state index contributed by atoms with van der Waals surface area (Å²) in [5.41, 5.74) is -1.48. The Kier molecular flexibility index (Phi) is 5.99. The minimum atomic E-state index is -4.62. The van der Waals surface area contributed by atoms with Crippen LogP contribution >= 0.6 is 0 Å².